The minimum absolute atomic E-state index is 0.0449. The van der Waals surface area contributed by atoms with E-state index in [4.69, 9.17) is 16.7 Å². The highest BCUT2D eigenvalue weighted by Crippen LogP contribution is 2.41. The first kappa shape index (κ1) is 15.2. The Morgan fingerprint density at radius 1 is 1.09 bits per heavy atom. The van der Waals surface area contributed by atoms with Crippen LogP contribution in [0.3, 0.4) is 0 Å². The van der Waals surface area contributed by atoms with E-state index >= 15 is 0 Å². The zero-order valence-corrected chi connectivity index (χ0v) is 13.6. The van der Waals surface area contributed by atoms with Gasteiger partial charge in [0.05, 0.1) is 10.8 Å². The first-order valence-corrected chi connectivity index (χ1v) is 8.40. The molecule has 6 heteroatoms. The van der Waals surface area contributed by atoms with E-state index in [1.54, 1.807) is 18.2 Å². The number of hydrogen-bond acceptors (Lipinski definition) is 3. The molecule has 0 bridgehead atoms. The Balaban J connectivity index is 2.07. The fourth-order valence-corrected chi connectivity index (χ4v) is 4.44. The standard InChI is InChI=1S/C16H10ClFO2S2/c17-15-6-5-12(22-15)11-7-13(21-14(11)8-16(19)20)9-1-3-10(18)4-2-9/h1-7H,8H2,(H,19,20). The van der Waals surface area contributed by atoms with Gasteiger partial charge in [-0.25, -0.2) is 4.39 Å². The number of carbonyl (C=O) groups is 1. The number of halogens is 2. The summed E-state index contributed by atoms with van der Waals surface area (Å²) in [4.78, 5) is 13.7. The molecule has 112 valence electrons. The van der Waals surface area contributed by atoms with Crippen molar-refractivity contribution >= 4 is 40.2 Å². The van der Waals surface area contributed by atoms with Crippen LogP contribution in [0, 0.1) is 5.82 Å². The normalized spacial score (nSPS) is 10.8. The van der Waals surface area contributed by atoms with Crippen molar-refractivity contribution in [1.82, 2.24) is 0 Å². The lowest BCUT2D eigenvalue weighted by Gasteiger charge is -1.97. The lowest BCUT2D eigenvalue weighted by Crippen LogP contribution is -1.98. The lowest BCUT2D eigenvalue weighted by atomic mass is 10.1. The van der Waals surface area contributed by atoms with Crippen molar-refractivity contribution in [2.75, 3.05) is 0 Å². The van der Waals surface area contributed by atoms with E-state index < -0.39 is 5.97 Å². The smallest absolute Gasteiger partial charge is 0.308 e. The molecule has 0 spiro atoms. The summed E-state index contributed by atoms with van der Waals surface area (Å²) in [7, 11) is 0. The number of carboxylic acids is 1. The van der Waals surface area contributed by atoms with Crippen LogP contribution in [0.25, 0.3) is 20.9 Å². The molecule has 0 aliphatic heterocycles. The largest absolute Gasteiger partial charge is 0.481 e. The third-order valence-electron chi connectivity index (χ3n) is 3.09. The molecule has 3 aromatic rings. The van der Waals surface area contributed by atoms with Gasteiger partial charge in [0.1, 0.15) is 5.82 Å². The average Bonchev–Trinajstić information content (AvgIpc) is 3.05. The van der Waals surface area contributed by atoms with E-state index in [2.05, 4.69) is 0 Å². The van der Waals surface area contributed by atoms with Gasteiger partial charge in [-0.2, -0.15) is 0 Å². The molecule has 0 saturated heterocycles. The van der Waals surface area contributed by atoms with Crippen molar-refractivity contribution in [3.8, 4) is 20.9 Å². The molecule has 2 nitrogen and oxygen atoms in total. The van der Waals surface area contributed by atoms with Gasteiger partial charge >= 0.3 is 5.97 Å². The van der Waals surface area contributed by atoms with Crippen LogP contribution in [0.15, 0.2) is 42.5 Å². The topological polar surface area (TPSA) is 37.3 Å². The molecule has 0 fully saturated rings. The summed E-state index contributed by atoms with van der Waals surface area (Å²) >= 11 is 8.80. The molecule has 0 aliphatic carbocycles. The van der Waals surface area contributed by atoms with E-state index in [9.17, 15) is 9.18 Å². The fraction of sp³-hybridized carbons (Fsp3) is 0.0625. The number of rotatable bonds is 4. The monoisotopic (exact) mass is 352 g/mol. The zero-order valence-electron chi connectivity index (χ0n) is 11.2. The second-order valence-electron chi connectivity index (χ2n) is 4.63. The van der Waals surface area contributed by atoms with E-state index in [-0.39, 0.29) is 12.2 Å². The summed E-state index contributed by atoms with van der Waals surface area (Å²) in [6.07, 6.45) is -0.0449. The lowest BCUT2D eigenvalue weighted by molar-refractivity contribution is -0.136. The molecule has 3 rings (SSSR count). The Hall–Kier alpha value is -1.69. The molecule has 1 N–H and O–H groups in total. The predicted molar refractivity (Wildman–Crippen MR) is 89.4 cm³/mol. The van der Waals surface area contributed by atoms with Crippen molar-refractivity contribution in [3.05, 3.63) is 57.5 Å². The molecular weight excluding hydrogens is 343 g/mol. The summed E-state index contributed by atoms with van der Waals surface area (Å²) in [6.45, 7) is 0. The third-order valence-corrected chi connectivity index (χ3v) is 5.54. The Bertz CT molecular complexity index is 821. The third kappa shape index (κ3) is 3.21. The molecule has 0 atom stereocenters. The Labute approximate surface area is 139 Å². The highest BCUT2D eigenvalue weighted by atomic mass is 35.5. The number of aliphatic carboxylic acids is 1. The van der Waals surface area contributed by atoms with E-state index in [0.29, 0.717) is 4.34 Å². The summed E-state index contributed by atoms with van der Waals surface area (Å²) in [5, 5.41) is 9.09. The van der Waals surface area contributed by atoms with Crippen molar-refractivity contribution in [2.24, 2.45) is 0 Å². The Morgan fingerprint density at radius 2 is 1.82 bits per heavy atom. The van der Waals surface area contributed by atoms with Gasteiger partial charge in [0.15, 0.2) is 0 Å². The maximum absolute atomic E-state index is 13.0. The minimum Gasteiger partial charge on any atom is -0.481 e. The molecule has 2 aromatic heterocycles. The number of benzene rings is 1. The van der Waals surface area contributed by atoms with E-state index in [0.717, 1.165) is 25.8 Å². The quantitative estimate of drug-likeness (QED) is 0.667. The summed E-state index contributed by atoms with van der Waals surface area (Å²) in [5.74, 6) is -1.17. The Morgan fingerprint density at radius 3 is 2.41 bits per heavy atom. The second-order valence-corrected chi connectivity index (χ2v) is 7.48. The molecule has 0 saturated carbocycles. The molecule has 0 unspecified atom stereocenters. The fourth-order valence-electron chi connectivity index (χ4n) is 2.12. The second kappa shape index (κ2) is 6.20. The first-order chi connectivity index (χ1) is 10.5. The van der Waals surface area contributed by atoms with Crippen LogP contribution in [-0.2, 0) is 11.2 Å². The highest BCUT2D eigenvalue weighted by Gasteiger charge is 2.16. The van der Waals surface area contributed by atoms with Crippen LogP contribution < -0.4 is 0 Å². The number of hydrogen-bond donors (Lipinski definition) is 1. The van der Waals surface area contributed by atoms with E-state index in [1.165, 1.54) is 34.8 Å². The van der Waals surface area contributed by atoms with Crippen molar-refractivity contribution in [3.63, 3.8) is 0 Å². The summed E-state index contributed by atoms with van der Waals surface area (Å²) in [5.41, 5.74) is 1.75. The molecular formula is C16H10ClFO2S2. The molecule has 0 radical (unpaired) electrons. The molecule has 2 heterocycles. The van der Waals surface area contributed by atoms with Gasteiger partial charge in [0.2, 0.25) is 0 Å². The van der Waals surface area contributed by atoms with Gasteiger partial charge in [-0.3, -0.25) is 4.79 Å². The van der Waals surface area contributed by atoms with Crippen molar-refractivity contribution in [2.45, 2.75) is 6.42 Å². The first-order valence-electron chi connectivity index (χ1n) is 6.39. The SMILES string of the molecule is O=C(O)Cc1sc(-c2ccc(F)cc2)cc1-c1ccc(Cl)s1. The van der Waals surface area contributed by atoms with Crippen LogP contribution in [0.1, 0.15) is 4.88 Å². The van der Waals surface area contributed by atoms with Gasteiger partial charge in [0, 0.05) is 20.2 Å². The zero-order chi connectivity index (χ0) is 15.7. The van der Waals surface area contributed by atoms with Gasteiger partial charge in [0.25, 0.3) is 0 Å². The number of carboxylic acid groups (broad SMARTS) is 1. The highest BCUT2D eigenvalue weighted by molar-refractivity contribution is 7.20. The van der Waals surface area contributed by atoms with Crippen LogP contribution in [-0.4, -0.2) is 11.1 Å². The van der Waals surface area contributed by atoms with Crippen molar-refractivity contribution < 1.29 is 14.3 Å². The van der Waals surface area contributed by atoms with Gasteiger partial charge in [-0.15, -0.1) is 22.7 Å². The van der Waals surface area contributed by atoms with Crippen molar-refractivity contribution in [1.29, 1.82) is 0 Å². The van der Waals surface area contributed by atoms with Gasteiger partial charge in [-0.05, 0) is 35.9 Å². The van der Waals surface area contributed by atoms with E-state index in [1.807, 2.05) is 12.1 Å². The Kier molecular flexibility index (Phi) is 4.29. The van der Waals surface area contributed by atoms with Gasteiger partial charge < -0.3 is 5.11 Å². The van der Waals surface area contributed by atoms with Crippen LogP contribution in [0.2, 0.25) is 4.34 Å². The molecule has 0 amide bonds. The van der Waals surface area contributed by atoms with Crippen LogP contribution >= 0.6 is 34.3 Å². The van der Waals surface area contributed by atoms with Crippen LogP contribution in [0.5, 0.6) is 0 Å². The summed E-state index contributed by atoms with van der Waals surface area (Å²) < 4.78 is 13.7. The maximum atomic E-state index is 13.0. The predicted octanol–water partition coefficient (Wildman–Crippen LogP) is 5.56. The average molecular weight is 353 g/mol. The minimum atomic E-state index is -0.878. The summed E-state index contributed by atoms with van der Waals surface area (Å²) in [6, 6.07) is 11.8. The molecule has 0 aliphatic rings. The van der Waals surface area contributed by atoms with Crippen LogP contribution in [0.4, 0.5) is 4.39 Å². The molecule has 22 heavy (non-hydrogen) atoms. The number of thiophene rings is 2. The maximum Gasteiger partial charge on any atom is 0.308 e. The van der Waals surface area contributed by atoms with Gasteiger partial charge in [-0.1, -0.05) is 23.7 Å². The molecule has 1 aromatic carbocycles.